The van der Waals surface area contributed by atoms with Crippen molar-refractivity contribution in [2.45, 2.75) is 31.1 Å². The van der Waals surface area contributed by atoms with Crippen LogP contribution in [-0.2, 0) is 5.41 Å². The van der Waals surface area contributed by atoms with Crippen molar-refractivity contribution in [3.05, 3.63) is 71.7 Å². The first-order valence-corrected chi connectivity index (χ1v) is 9.51. The number of benzene rings is 2. The molecule has 0 saturated heterocycles. The van der Waals surface area contributed by atoms with Crippen LogP contribution in [0.25, 0.3) is 22.2 Å². The fourth-order valence-electron chi connectivity index (χ4n) is 4.43. The van der Waals surface area contributed by atoms with Crippen molar-refractivity contribution < 1.29 is 4.39 Å². The number of rotatable bonds is 3. The fourth-order valence-corrected chi connectivity index (χ4v) is 4.43. The molecule has 2 aromatic heterocycles. The molecule has 0 unspecified atom stereocenters. The number of hydrogen-bond acceptors (Lipinski definition) is 4. The van der Waals surface area contributed by atoms with Crippen LogP contribution in [0.1, 0.15) is 36.9 Å². The SMILES string of the molecule is Nc1n[nH]c2ccc(-c3ccc(C4(c5ccccc5F)CCCC4)nn3)cc12. The van der Waals surface area contributed by atoms with Gasteiger partial charge in [-0.05, 0) is 43.2 Å². The van der Waals surface area contributed by atoms with Gasteiger partial charge in [0.25, 0.3) is 0 Å². The lowest BCUT2D eigenvalue weighted by atomic mass is 9.75. The molecule has 1 fully saturated rings. The van der Waals surface area contributed by atoms with E-state index >= 15 is 0 Å². The molecule has 0 radical (unpaired) electrons. The van der Waals surface area contributed by atoms with E-state index in [1.807, 2.05) is 42.5 Å². The first-order chi connectivity index (χ1) is 13.7. The molecule has 5 nitrogen and oxygen atoms in total. The van der Waals surface area contributed by atoms with Gasteiger partial charge in [-0.15, -0.1) is 0 Å². The van der Waals surface area contributed by atoms with Crippen molar-refractivity contribution >= 4 is 16.7 Å². The lowest BCUT2D eigenvalue weighted by molar-refractivity contribution is 0.474. The van der Waals surface area contributed by atoms with E-state index in [9.17, 15) is 4.39 Å². The molecule has 0 aliphatic heterocycles. The third kappa shape index (κ3) is 2.56. The average molecular weight is 373 g/mol. The lowest BCUT2D eigenvalue weighted by Gasteiger charge is -2.29. The summed E-state index contributed by atoms with van der Waals surface area (Å²) in [4.78, 5) is 0. The smallest absolute Gasteiger partial charge is 0.153 e. The number of anilines is 1. The Balaban J connectivity index is 1.56. The second kappa shape index (κ2) is 6.41. The highest BCUT2D eigenvalue weighted by Crippen LogP contribution is 2.46. The molecule has 0 atom stereocenters. The van der Waals surface area contributed by atoms with Crippen LogP contribution in [-0.4, -0.2) is 20.4 Å². The minimum absolute atomic E-state index is 0.170. The number of H-pyrrole nitrogens is 1. The summed E-state index contributed by atoms with van der Waals surface area (Å²) in [6.07, 6.45) is 3.90. The van der Waals surface area contributed by atoms with Crippen molar-refractivity contribution in [1.82, 2.24) is 20.4 Å². The third-order valence-electron chi connectivity index (χ3n) is 5.89. The highest BCUT2D eigenvalue weighted by atomic mass is 19.1. The summed E-state index contributed by atoms with van der Waals surface area (Å²) >= 11 is 0. The van der Waals surface area contributed by atoms with Gasteiger partial charge in [-0.3, -0.25) is 5.10 Å². The maximum atomic E-state index is 14.6. The second-order valence-corrected chi connectivity index (χ2v) is 7.44. The summed E-state index contributed by atoms with van der Waals surface area (Å²) in [5.74, 6) is 0.294. The number of aromatic nitrogens is 4. The zero-order chi connectivity index (χ0) is 19.1. The summed E-state index contributed by atoms with van der Waals surface area (Å²) in [5.41, 5.74) is 9.64. The molecular weight excluding hydrogens is 353 g/mol. The Morgan fingerprint density at radius 2 is 1.79 bits per heavy atom. The Morgan fingerprint density at radius 1 is 0.964 bits per heavy atom. The molecule has 2 aromatic carbocycles. The number of hydrogen-bond donors (Lipinski definition) is 2. The minimum Gasteiger partial charge on any atom is -0.382 e. The van der Waals surface area contributed by atoms with Crippen molar-refractivity contribution in [2.24, 2.45) is 0 Å². The Kier molecular flexibility index (Phi) is 3.86. The summed E-state index contributed by atoms with van der Waals surface area (Å²) in [7, 11) is 0. The fraction of sp³-hybridized carbons (Fsp3) is 0.227. The first-order valence-electron chi connectivity index (χ1n) is 9.51. The highest BCUT2D eigenvalue weighted by Gasteiger charge is 2.40. The van der Waals surface area contributed by atoms with Crippen LogP contribution in [0, 0.1) is 5.82 Å². The van der Waals surface area contributed by atoms with Crippen LogP contribution in [0.3, 0.4) is 0 Å². The number of nitrogens with two attached hydrogens (primary N) is 1. The molecule has 28 heavy (non-hydrogen) atoms. The van der Waals surface area contributed by atoms with Crippen LogP contribution < -0.4 is 5.73 Å². The number of halogens is 1. The van der Waals surface area contributed by atoms with Crippen LogP contribution >= 0.6 is 0 Å². The highest BCUT2D eigenvalue weighted by molar-refractivity contribution is 5.91. The molecule has 4 aromatic rings. The van der Waals surface area contributed by atoms with Gasteiger partial charge in [-0.25, -0.2) is 4.39 Å². The predicted octanol–water partition coefficient (Wildman–Crippen LogP) is 4.60. The van der Waals surface area contributed by atoms with Gasteiger partial charge in [-0.1, -0.05) is 37.1 Å². The molecule has 1 aliphatic rings. The van der Waals surface area contributed by atoms with E-state index in [4.69, 9.17) is 5.73 Å². The van der Waals surface area contributed by atoms with Crippen LogP contribution in [0.5, 0.6) is 0 Å². The van der Waals surface area contributed by atoms with E-state index in [1.165, 1.54) is 6.07 Å². The monoisotopic (exact) mass is 373 g/mol. The summed E-state index contributed by atoms with van der Waals surface area (Å²) in [6, 6.07) is 16.8. The quantitative estimate of drug-likeness (QED) is 0.550. The Bertz CT molecular complexity index is 1140. The number of fused-ring (bicyclic) bond motifs is 1. The Hall–Kier alpha value is -3.28. The summed E-state index contributed by atoms with van der Waals surface area (Å²) in [5, 5.41) is 16.8. The average Bonchev–Trinajstić information content (AvgIpc) is 3.36. The van der Waals surface area contributed by atoms with E-state index < -0.39 is 5.41 Å². The molecule has 0 bridgehead atoms. The molecule has 0 spiro atoms. The van der Waals surface area contributed by atoms with Gasteiger partial charge in [0, 0.05) is 21.9 Å². The molecule has 0 amide bonds. The zero-order valence-electron chi connectivity index (χ0n) is 15.3. The molecule has 140 valence electrons. The van der Waals surface area contributed by atoms with Gasteiger partial charge in [0.15, 0.2) is 5.82 Å². The largest absolute Gasteiger partial charge is 0.382 e. The van der Waals surface area contributed by atoms with Crippen molar-refractivity contribution in [2.75, 3.05) is 5.73 Å². The van der Waals surface area contributed by atoms with E-state index in [1.54, 1.807) is 6.07 Å². The number of aromatic amines is 1. The van der Waals surface area contributed by atoms with Gasteiger partial charge in [0.05, 0.1) is 16.9 Å². The summed E-state index contributed by atoms with van der Waals surface area (Å²) in [6.45, 7) is 0. The van der Waals surface area contributed by atoms with Gasteiger partial charge >= 0.3 is 0 Å². The van der Waals surface area contributed by atoms with Gasteiger partial charge in [0.1, 0.15) is 5.82 Å². The Morgan fingerprint density at radius 3 is 2.54 bits per heavy atom. The predicted molar refractivity (Wildman–Crippen MR) is 107 cm³/mol. The second-order valence-electron chi connectivity index (χ2n) is 7.44. The molecule has 1 saturated carbocycles. The normalized spacial score (nSPS) is 15.9. The number of nitrogens with one attached hydrogen (secondary N) is 1. The standard InChI is InChI=1S/C22H20FN5/c23-17-6-2-1-5-16(17)22(11-3-4-12-22)20-10-9-18(25-27-20)14-7-8-19-15(13-14)21(24)28-26-19/h1-2,5-10,13H,3-4,11-12H2,(H3,24,26,28). The van der Waals surface area contributed by atoms with Crippen LogP contribution in [0.4, 0.5) is 10.2 Å². The van der Waals surface area contributed by atoms with E-state index in [0.29, 0.717) is 5.82 Å². The molecule has 1 aliphatic carbocycles. The Labute approximate surface area is 161 Å². The number of nitrogens with zero attached hydrogens (tertiary/aromatic N) is 3. The van der Waals surface area contributed by atoms with Crippen molar-refractivity contribution in [3.63, 3.8) is 0 Å². The van der Waals surface area contributed by atoms with Crippen molar-refractivity contribution in [3.8, 4) is 11.3 Å². The maximum absolute atomic E-state index is 14.6. The van der Waals surface area contributed by atoms with E-state index in [-0.39, 0.29) is 5.82 Å². The van der Waals surface area contributed by atoms with Gasteiger partial charge in [-0.2, -0.15) is 15.3 Å². The zero-order valence-corrected chi connectivity index (χ0v) is 15.3. The maximum Gasteiger partial charge on any atom is 0.153 e. The van der Waals surface area contributed by atoms with E-state index in [0.717, 1.165) is 59.1 Å². The molecule has 6 heteroatoms. The first kappa shape index (κ1) is 16.9. The minimum atomic E-state index is -0.393. The van der Waals surface area contributed by atoms with Crippen LogP contribution in [0.2, 0.25) is 0 Å². The molecule has 2 heterocycles. The van der Waals surface area contributed by atoms with Gasteiger partial charge in [0.2, 0.25) is 0 Å². The topological polar surface area (TPSA) is 80.5 Å². The molecule has 5 rings (SSSR count). The lowest BCUT2D eigenvalue weighted by Crippen LogP contribution is -2.27. The van der Waals surface area contributed by atoms with Crippen LogP contribution in [0.15, 0.2) is 54.6 Å². The van der Waals surface area contributed by atoms with Gasteiger partial charge < -0.3 is 5.73 Å². The third-order valence-corrected chi connectivity index (χ3v) is 5.89. The molecular formula is C22H20FN5. The summed E-state index contributed by atoms with van der Waals surface area (Å²) < 4.78 is 14.6. The number of nitrogen functional groups attached to an aromatic ring is 1. The van der Waals surface area contributed by atoms with E-state index in [2.05, 4.69) is 20.4 Å². The van der Waals surface area contributed by atoms with Crippen molar-refractivity contribution in [1.29, 1.82) is 0 Å². The molecule has 3 N–H and O–H groups in total.